The molecule has 3 nitrogen and oxygen atoms in total. The van der Waals surface area contributed by atoms with E-state index in [0.717, 1.165) is 38.1 Å². The van der Waals surface area contributed by atoms with Crippen LogP contribution >= 0.6 is 27.7 Å². The van der Waals surface area contributed by atoms with Gasteiger partial charge in [0.05, 0.1) is 11.4 Å². The second kappa shape index (κ2) is 7.09. The van der Waals surface area contributed by atoms with E-state index >= 15 is 0 Å². The van der Waals surface area contributed by atoms with Gasteiger partial charge in [-0.25, -0.2) is 0 Å². The fourth-order valence-electron chi connectivity index (χ4n) is 2.87. The molecule has 0 aromatic heterocycles. The molecular formula is C21H14BrNO2S. The Morgan fingerprint density at radius 3 is 2.42 bits per heavy atom. The first-order chi connectivity index (χ1) is 12.6. The highest BCUT2D eigenvalue weighted by Crippen LogP contribution is 2.33. The lowest BCUT2D eigenvalue weighted by molar-refractivity contribution is -0.123. The van der Waals surface area contributed by atoms with Crippen molar-refractivity contribution in [3.8, 4) is 0 Å². The summed E-state index contributed by atoms with van der Waals surface area (Å²) in [5.41, 5.74) is 1.83. The Morgan fingerprint density at radius 1 is 0.923 bits per heavy atom. The third-order valence-corrected chi connectivity index (χ3v) is 5.63. The highest BCUT2D eigenvalue weighted by Gasteiger charge is 2.34. The van der Waals surface area contributed by atoms with Crippen molar-refractivity contribution in [2.24, 2.45) is 0 Å². The molecule has 1 fully saturated rings. The number of carbonyl (C=O) groups excluding carboxylic acids is 2. The van der Waals surface area contributed by atoms with Gasteiger partial charge in [0.25, 0.3) is 11.1 Å². The second-order valence-electron chi connectivity index (χ2n) is 6.00. The van der Waals surface area contributed by atoms with Crippen LogP contribution in [0.25, 0.3) is 16.8 Å². The number of amides is 2. The average molecular weight is 424 g/mol. The number of carbonyl (C=O) groups is 2. The van der Waals surface area contributed by atoms with Gasteiger partial charge in [-0.1, -0.05) is 64.5 Å². The van der Waals surface area contributed by atoms with E-state index in [1.54, 1.807) is 6.08 Å². The summed E-state index contributed by atoms with van der Waals surface area (Å²) in [5.74, 6) is -0.240. The number of benzene rings is 3. The smallest absolute Gasteiger partial charge is 0.268 e. The van der Waals surface area contributed by atoms with Crippen LogP contribution in [-0.4, -0.2) is 16.0 Å². The molecule has 2 amide bonds. The molecule has 0 N–H and O–H groups in total. The van der Waals surface area contributed by atoms with E-state index < -0.39 is 0 Å². The maximum atomic E-state index is 12.7. The number of nitrogens with zero attached hydrogens (tertiary/aromatic N) is 1. The van der Waals surface area contributed by atoms with E-state index in [1.807, 2.05) is 66.7 Å². The summed E-state index contributed by atoms with van der Waals surface area (Å²) in [5, 5.41) is 2.01. The van der Waals surface area contributed by atoms with Crippen molar-refractivity contribution in [1.29, 1.82) is 0 Å². The molecule has 1 aliphatic rings. The predicted molar refractivity (Wildman–Crippen MR) is 110 cm³/mol. The van der Waals surface area contributed by atoms with E-state index in [2.05, 4.69) is 15.9 Å². The molecule has 5 heteroatoms. The molecule has 3 aromatic carbocycles. The number of thioether (sulfide) groups is 1. The molecule has 1 heterocycles. The minimum atomic E-state index is -0.240. The zero-order valence-corrected chi connectivity index (χ0v) is 16.1. The summed E-state index contributed by atoms with van der Waals surface area (Å²) in [6, 6.07) is 21.7. The number of hydrogen-bond donors (Lipinski definition) is 0. The first-order valence-corrected chi connectivity index (χ1v) is 9.70. The lowest BCUT2D eigenvalue weighted by atomic mass is 10.1. The Hall–Kier alpha value is -2.37. The molecule has 0 atom stereocenters. The summed E-state index contributed by atoms with van der Waals surface area (Å²) in [7, 11) is 0. The standard InChI is InChI=1S/C21H14BrNO2S/c22-18-9-6-14(7-10-18)12-19-20(24)23(21(25)26-19)13-15-5-8-16-3-1-2-4-17(16)11-15/h1-12H,13H2/b19-12-. The molecular weight excluding hydrogens is 410 g/mol. The molecule has 26 heavy (non-hydrogen) atoms. The van der Waals surface area contributed by atoms with Gasteiger partial charge < -0.3 is 0 Å². The van der Waals surface area contributed by atoms with Gasteiger partial charge in [0.2, 0.25) is 0 Å². The van der Waals surface area contributed by atoms with Crippen molar-refractivity contribution in [2.45, 2.75) is 6.54 Å². The van der Waals surface area contributed by atoms with Gasteiger partial charge in [0.15, 0.2) is 0 Å². The SMILES string of the molecule is O=C1S/C(=C\c2ccc(Br)cc2)C(=O)N1Cc1ccc2ccccc2c1. The number of rotatable bonds is 3. The first-order valence-electron chi connectivity index (χ1n) is 8.09. The second-order valence-corrected chi connectivity index (χ2v) is 7.91. The fraction of sp³-hybridized carbons (Fsp3) is 0.0476. The highest BCUT2D eigenvalue weighted by atomic mass is 79.9. The summed E-state index contributed by atoms with van der Waals surface area (Å²) < 4.78 is 0.971. The van der Waals surface area contributed by atoms with Crippen molar-refractivity contribution in [2.75, 3.05) is 0 Å². The van der Waals surface area contributed by atoms with Gasteiger partial charge in [-0.05, 0) is 57.9 Å². The molecule has 0 saturated carbocycles. The first kappa shape index (κ1) is 17.1. The van der Waals surface area contributed by atoms with Gasteiger partial charge in [-0.2, -0.15) is 0 Å². The topological polar surface area (TPSA) is 37.4 Å². The quantitative estimate of drug-likeness (QED) is 0.496. The van der Waals surface area contributed by atoms with E-state index in [1.165, 1.54) is 4.90 Å². The third kappa shape index (κ3) is 3.45. The Kier molecular flexibility index (Phi) is 4.66. The van der Waals surface area contributed by atoms with E-state index in [0.29, 0.717) is 4.91 Å². The number of fused-ring (bicyclic) bond motifs is 1. The minimum Gasteiger partial charge on any atom is -0.268 e. The summed E-state index contributed by atoms with van der Waals surface area (Å²) in [6.45, 7) is 0.285. The maximum Gasteiger partial charge on any atom is 0.293 e. The monoisotopic (exact) mass is 423 g/mol. The summed E-state index contributed by atoms with van der Waals surface area (Å²) in [4.78, 5) is 26.8. The van der Waals surface area contributed by atoms with Crippen LogP contribution in [-0.2, 0) is 11.3 Å². The number of halogens is 1. The molecule has 128 valence electrons. The average Bonchev–Trinajstić information content (AvgIpc) is 2.91. The fourth-order valence-corrected chi connectivity index (χ4v) is 3.97. The summed E-state index contributed by atoms with van der Waals surface area (Å²) in [6.07, 6.45) is 1.76. The Balaban J connectivity index is 1.57. The zero-order chi connectivity index (χ0) is 18.1. The van der Waals surface area contributed by atoms with Gasteiger partial charge in [-0.15, -0.1) is 0 Å². The Morgan fingerprint density at radius 2 is 1.65 bits per heavy atom. The number of imide groups is 1. The van der Waals surface area contributed by atoms with Crippen LogP contribution in [0.1, 0.15) is 11.1 Å². The van der Waals surface area contributed by atoms with Crippen LogP contribution in [0.4, 0.5) is 4.79 Å². The van der Waals surface area contributed by atoms with Gasteiger partial charge in [-0.3, -0.25) is 14.5 Å². The van der Waals surface area contributed by atoms with Crippen LogP contribution < -0.4 is 0 Å². The van der Waals surface area contributed by atoms with Crippen LogP contribution in [0, 0.1) is 0 Å². The summed E-state index contributed by atoms with van der Waals surface area (Å²) >= 11 is 4.38. The zero-order valence-electron chi connectivity index (χ0n) is 13.7. The predicted octanol–water partition coefficient (Wildman–Crippen LogP) is 5.84. The van der Waals surface area contributed by atoms with Crippen molar-refractivity contribution in [3.63, 3.8) is 0 Å². The lowest BCUT2D eigenvalue weighted by Gasteiger charge is -2.13. The van der Waals surface area contributed by atoms with Crippen LogP contribution in [0.2, 0.25) is 0 Å². The van der Waals surface area contributed by atoms with Crippen molar-refractivity contribution in [3.05, 3.63) is 87.2 Å². The number of hydrogen-bond acceptors (Lipinski definition) is 3. The molecule has 0 radical (unpaired) electrons. The Labute approximate surface area is 163 Å². The van der Waals surface area contributed by atoms with Crippen LogP contribution in [0.15, 0.2) is 76.1 Å². The van der Waals surface area contributed by atoms with Gasteiger partial charge in [0.1, 0.15) is 0 Å². The molecule has 0 bridgehead atoms. The largest absolute Gasteiger partial charge is 0.293 e. The molecule has 0 unspecified atom stereocenters. The maximum absolute atomic E-state index is 12.7. The molecule has 0 spiro atoms. The third-order valence-electron chi connectivity index (χ3n) is 4.20. The van der Waals surface area contributed by atoms with E-state index in [4.69, 9.17) is 0 Å². The molecule has 0 aliphatic carbocycles. The molecule has 1 aliphatic heterocycles. The van der Waals surface area contributed by atoms with E-state index in [-0.39, 0.29) is 17.7 Å². The molecule has 1 saturated heterocycles. The molecule has 3 aromatic rings. The van der Waals surface area contributed by atoms with Crippen molar-refractivity contribution >= 4 is 55.7 Å². The highest BCUT2D eigenvalue weighted by molar-refractivity contribution is 9.10. The van der Waals surface area contributed by atoms with Crippen molar-refractivity contribution in [1.82, 2.24) is 4.90 Å². The lowest BCUT2D eigenvalue weighted by Crippen LogP contribution is -2.27. The van der Waals surface area contributed by atoms with Gasteiger partial charge >= 0.3 is 0 Å². The molecule has 4 rings (SSSR count). The van der Waals surface area contributed by atoms with E-state index in [9.17, 15) is 9.59 Å². The van der Waals surface area contributed by atoms with Crippen molar-refractivity contribution < 1.29 is 9.59 Å². The minimum absolute atomic E-state index is 0.230. The van der Waals surface area contributed by atoms with Crippen LogP contribution in [0.5, 0.6) is 0 Å². The van der Waals surface area contributed by atoms with Gasteiger partial charge in [0, 0.05) is 4.47 Å². The normalized spacial score (nSPS) is 16.0. The Bertz CT molecular complexity index is 1040. The van der Waals surface area contributed by atoms with Crippen LogP contribution in [0.3, 0.4) is 0 Å².